The Morgan fingerprint density at radius 3 is 2.79 bits per heavy atom. The zero-order valence-electron chi connectivity index (χ0n) is 11.0. The Bertz CT molecular complexity index is 472. The van der Waals surface area contributed by atoms with E-state index in [4.69, 9.17) is 11.6 Å². The van der Waals surface area contributed by atoms with Crippen LogP contribution in [0.5, 0.6) is 0 Å². The van der Waals surface area contributed by atoms with Crippen LogP contribution in [0.15, 0.2) is 0 Å². The van der Waals surface area contributed by atoms with Crippen molar-refractivity contribution >= 4 is 34.0 Å². The highest BCUT2D eigenvalue weighted by Gasteiger charge is 2.33. The first-order chi connectivity index (χ1) is 8.95. The van der Waals surface area contributed by atoms with Gasteiger partial charge in [-0.3, -0.25) is 0 Å². The number of halogens is 1. The molecular formula is C12H17ClN2O3S. The van der Waals surface area contributed by atoms with Crippen LogP contribution >= 0.6 is 22.9 Å². The lowest BCUT2D eigenvalue weighted by atomic mass is 10.0. The fraction of sp³-hybridized carbons (Fsp3) is 0.667. The zero-order valence-corrected chi connectivity index (χ0v) is 12.6. The smallest absolute Gasteiger partial charge is 0.351 e. The van der Waals surface area contributed by atoms with E-state index in [1.54, 1.807) is 0 Å². The molecule has 1 N–H and O–H groups in total. The first-order valence-electron chi connectivity index (χ1n) is 6.13. The lowest BCUT2D eigenvalue weighted by molar-refractivity contribution is 0.0558. The van der Waals surface area contributed by atoms with Crippen LogP contribution in [0.4, 0.5) is 5.13 Å². The standard InChI is InChI=1S/C12H17ClN2O3S/c1-15(7-12(17)5-3-4-6-12)11-14-9(13)8(19-11)10(16)18-2/h17H,3-7H2,1-2H3. The molecule has 0 atom stereocenters. The summed E-state index contributed by atoms with van der Waals surface area (Å²) in [5.41, 5.74) is -0.654. The molecule has 0 aliphatic heterocycles. The highest BCUT2D eigenvalue weighted by Crippen LogP contribution is 2.34. The van der Waals surface area contributed by atoms with E-state index in [2.05, 4.69) is 9.72 Å². The van der Waals surface area contributed by atoms with Gasteiger partial charge in [0.2, 0.25) is 0 Å². The fourth-order valence-electron chi connectivity index (χ4n) is 2.37. The highest BCUT2D eigenvalue weighted by molar-refractivity contribution is 7.18. The summed E-state index contributed by atoms with van der Waals surface area (Å²) < 4.78 is 4.64. The predicted molar refractivity (Wildman–Crippen MR) is 75.2 cm³/mol. The van der Waals surface area contributed by atoms with Gasteiger partial charge in [-0.2, -0.15) is 0 Å². The summed E-state index contributed by atoms with van der Waals surface area (Å²) in [5, 5.41) is 11.1. The Morgan fingerprint density at radius 1 is 1.58 bits per heavy atom. The molecule has 1 saturated carbocycles. The summed E-state index contributed by atoms with van der Waals surface area (Å²) in [6.45, 7) is 0.497. The molecular weight excluding hydrogens is 288 g/mol. The molecule has 1 heterocycles. The van der Waals surface area contributed by atoms with Gasteiger partial charge in [0, 0.05) is 13.6 Å². The topological polar surface area (TPSA) is 62.7 Å². The Morgan fingerprint density at radius 2 is 2.21 bits per heavy atom. The van der Waals surface area contributed by atoms with E-state index < -0.39 is 11.6 Å². The van der Waals surface area contributed by atoms with E-state index in [-0.39, 0.29) is 5.15 Å². The normalized spacial score (nSPS) is 17.5. The maximum atomic E-state index is 11.5. The number of aliphatic hydroxyl groups is 1. The predicted octanol–water partition coefficient (Wildman–Crippen LogP) is 2.32. The van der Waals surface area contributed by atoms with Crippen LogP contribution in [0.3, 0.4) is 0 Å². The molecule has 2 rings (SSSR count). The van der Waals surface area contributed by atoms with Gasteiger partial charge >= 0.3 is 5.97 Å². The molecule has 106 valence electrons. The summed E-state index contributed by atoms with van der Waals surface area (Å²) in [6, 6.07) is 0. The maximum absolute atomic E-state index is 11.5. The molecule has 19 heavy (non-hydrogen) atoms. The molecule has 1 aromatic heterocycles. The van der Waals surface area contributed by atoms with E-state index in [0.717, 1.165) is 25.7 Å². The third-order valence-electron chi connectivity index (χ3n) is 3.34. The van der Waals surface area contributed by atoms with Crippen molar-refractivity contribution in [1.29, 1.82) is 0 Å². The number of nitrogens with zero attached hydrogens (tertiary/aromatic N) is 2. The van der Waals surface area contributed by atoms with Gasteiger partial charge in [-0.15, -0.1) is 0 Å². The molecule has 1 fully saturated rings. The first-order valence-corrected chi connectivity index (χ1v) is 7.33. The average molecular weight is 305 g/mol. The van der Waals surface area contributed by atoms with Crippen molar-refractivity contribution < 1.29 is 14.6 Å². The van der Waals surface area contributed by atoms with Gasteiger partial charge in [-0.05, 0) is 12.8 Å². The van der Waals surface area contributed by atoms with Crippen LogP contribution in [0, 0.1) is 0 Å². The summed E-state index contributed by atoms with van der Waals surface area (Å²) in [7, 11) is 3.15. The second kappa shape index (κ2) is 5.64. The minimum absolute atomic E-state index is 0.150. The lowest BCUT2D eigenvalue weighted by Crippen LogP contribution is -2.39. The number of esters is 1. The van der Waals surface area contributed by atoms with Crippen molar-refractivity contribution in [3.63, 3.8) is 0 Å². The van der Waals surface area contributed by atoms with E-state index in [9.17, 15) is 9.90 Å². The van der Waals surface area contributed by atoms with Crippen molar-refractivity contribution in [1.82, 2.24) is 4.98 Å². The molecule has 0 amide bonds. The van der Waals surface area contributed by atoms with Crippen LogP contribution in [0.25, 0.3) is 0 Å². The maximum Gasteiger partial charge on any atom is 0.351 e. The van der Waals surface area contributed by atoms with E-state index in [0.29, 0.717) is 16.6 Å². The number of anilines is 1. The first kappa shape index (κ1) is 14.6. The van der Waals surface area contributed by atoms with Crippen LogP contribution in [0.2, 0.25) is 5.15 Å². The lowest BCUT2D eigenvalue weighted by Gasteiger charge is -2.28. The number of methoxy groups -OCH3 is 1. The minimum Gasteiger partial charge on any atom is -0.465 e. The molecule has 0 bridgehead atoms. The summed E-state index contributed by atoms with van der Waals surface area (Å²) in [5.74, 6) is -0.485. The van der Waals surface area contributed by atoms with Crippen molar-refractivity contribution in [3.8, 4) is 0 Å². The van der Waals surface area contributed by atoms with Gasteiger partial charge in [-0.25, -0.2) is 9.78 Å². The van der Waals surface area contributed by atoms with E-state index >= 15 is 0 Å². The monoisotopic (exact) mass is 304 g/mol. The molecule has 0 unspecified atom stereocenters. The van der Waals surface area contributed by atoms with E-state index in [1.165, 1.54) is 18.4 Å². The number of thiazole rings is 1. The molecule has 0 aromatic carbocycles. The van der Waals surface area contributed by atoms with Crippen molar-refractivity contribution in [2.45, 2.75) is 31.3 Å². The fourth-order valence-corrected chi connectivity index (χ4v) is 3.53. The quantitative estimate of drug-likeness (QED) is 0.865. The molecule has 0 spiro atoms. The highest BCUT2D eigenvalue weighted by atomic mass is 35.5. The summed E-state index contributed by atoms with van der Waals surface area (Å²) in [4.78, 5) is 17.8. The minimum atomic E-state index is -0.654. The molecule has 1 aromatic rings. The Labute approximate surface area is 121 Å². The van der Waals surface area contributed by atoms with Crippen LogP contribution < -0.4 is 4.90 Å². The Hall–Kier alpha value is -0.850. The van der Waals surface area contributed by atoms with Crippen molar-refractivity contribution in [2.24, 2.45) is 0 Å². The van der Waals surface area contributed by atoms with Crippen molar-refractivity contribution in [2.75, 3.05) is 25.6 Å². The Balaban J connectivity index is 2.11. The van der Waals surface area contributed by atoms with Gasteiger partial charge in [0.15, 0.2) is 15.2 Å². The molecule has 0 saturated heterocycles. The number of carbonyl (C=O) groups is 1. The van der Waals surface area contributed by atoms with Gasteiger partial charge in [0.1, 0.15) is 0 Å². The molecule has 1 aliphatic rings. The molecule has 7 heteroatoms. The third-order valence-corrected chi connectivity index (χ3v) is 4.87. The van der Waals surface area contributed by atoms with Gasteiger partial charge in [0.25, 0.3) is 0 Å². The van der Waals surface area contributed by atoms with Gasteiger partial charge in [0.05, 0.1) is 12.7 Å². The number of ether oxygens (including phenoxy) is 1. The summed E-state index contributed by atoms with van der Waals surface area (Å²) >= 11 is 7.10. The number of likely N-dealkylation sites (N-methyl/N-ethyl adjacent to an activating group) is 1. The third kappa shape index (κ3) is 3.19. The second-order valence-electron chi connectivity index (χ2n) is 4.90. The number of carbonyl (C=O) groups excluding carboxylic acids is 1. The van der Waals surface area contributed by atoms with Crippen molar-refractivity contribution in [3.05, 3.63) is 10.0 Å². The molecule has 1 aliphatic carbocycles. The van der Waals surface area contributed by atoms with Gasteiger partial charge < -0.3 is 14.7 Å². The number of rotatable bonds is 4. The van der Waals surface area contributed by atoms with Crippen LogP contribution in [-0.2, 0) is 4.74 Å². The number of hydrogen-bond donors (Lipinski definition) is 1. The van der Waals surface area contributed by atoms with Gasteiger partial charge in [-0.1, -0.05) is 35.8 Å². The zero-order chi connectivity index (χ0) is 14.0. The average Bonchev–Trinajstić information content (AvgIpc) is 2.95. The van der Waals surface area contributed by atoms with Crippen LogP contribution in [0.1, 0.15) is 35.4 Å². The Kier molecular flexibility index (Phi) is 4.32. The second-order valence-corrected chi connectivity index (χ2v) is 6.23. The SMILES string of the molecule is COC(=O)c1sc(N(C)CC2(O)CCCC2)nc1Cl. The molecule has 0 radical (unpaired) electrons. The van der Waals surface area contributed by atoms with E-state index in [1.807, 2.05) is 11.9 Å². The largest absolute Gasteiger partial charge is 0.465 e. The molecule has 5 nitrogen and oxygen atoms in total. The van der Waals surface area contributed by atoms with Crippen LogP contribution in [-0.4, -0.2) is 42.4 Å². The summed E-state index contributed by atoms with van der Waals surface area (Å²) in [6.07, 6.45) is 3.72. The number of hydrogen-bond acceptors (Lipinski definition) is 6. The number of aromatic nitrogens is 1.